The predicted molar refractivity (Wildman–Crippen MR) is 72.4 cm³/mol. The van der Waals surface area contributed by atoms with Crippen LogP contribution in [0.15, 0.2) is 30.3 Å². The fraction of sp³-hybridized carbons (Fsp3) is 0.562. The molecule has 3 atom stereocenters. The molecule has 1 aliphatic rings. The van der Waals surface area contributed by atoms with Crippen LogP contribution in [0.2, 0.25) is 0 Å². The first kappa shape index (κ1) is 13.1. The number of carbonyl (C=O) groups is 1. The van der Waals surface area contributed by atoms with E-state index < -0.39 is 0 Å². The van der Waals surface area contributed by atoms with Gasteiger partial charge in [-0.05, 0) is 30.7 Å². The number of ether oxygens (including phenoxy) is 1. The topological polar surface area (TPSA) is 26.3 Å². The van der Waals surface area contributed by atoms with Crippen LogP contribution in [0, 0.1) is 5.92 Å². The summed E-state index contributed by atoms with van der Waals surface area (Å²) in [4.78, 5) is 11.5. The van der Waals surface area contributed by atoms with Gasteiger partial charge in [0, 0.05) is 12.3 Å². The zero-order chi connectivity index (χ0) is 13.0. The lowest BCUT2D eigenvalue weighted by Crippen LogP contribution is -2.31. The minimum Gasteiger partial charge on any atom is -0.462 e. The summed E-state index contributed by atoms with van der Waals surface area (Å²) in [5, 5.41) is 0. The molecule has 1 fully saturated rings. The van der Waals surface area contributed by atoms with Crippen LogP contribution in [0.25, 0.3) is 0 Å². The van der Waals surface area contributed by atoms with Gasteiger partial charge >= 0.3 is 5.97 Å². The molecule has 0 aliphatic heterocycles. The molecular formula is C16H22O2. The minimum absolute atomic E-state index is 0.0589. The van der Waals surface area contributed by atoms with Gasteiger partial charge in [-0.15, -0.1) is 0 Å². The summed E-state index contributed by atoms with van der Waals surface area (Å²) >= 11 is 0. The first-order valence-corrected chi connectivity index (χ1v) is 6.95. The van der Waals surface area contributed by atoms with Gasteiger partial charge in [0.05, 0.1) is 0 Å². The van der Waals surface area contributed by atoms with Crippen LogP contribution in [0.3, 0.4) is 0 Å². The van der Waals surface area contributed by atoms with Crippen LogP contribution in [-0.4, -0.2) is 12.1 Å². The summed E-state index contributed by atoms with van der Waals surface area (Å²) in [5.41, 5.74) is 1.30. The third-order valence-corrected chi connectivity index (χ3v) is 3.85. The van der Waals surface area contributed by atoms with E-state index in [-0.39, 0.29) is 12.1 Å². The molecule has 0 N–H and O–H groups in total. The predicted octanol–water partition coefficient (Wildman–Crippen LogP) is 3.91. The largest absolute Gasteiger partial charge is 0.462 e. The van der Waals surface area contributed by atoms with Gasteiger partial charge in [-0.3, -0.25) is 4.79 Å². The standard InChI is InChI=1S/C16H22O2/c1-3-16(17)18-15-11-12(2)9-10-14(15)13-7-5-4-6-8-13/h4-8,12,14-15H,3,9-11H2,1-2H3. The average Bonchev–Trinajstić information content (AvgIpc) is 2.40. The zero-order valence-electron chi connectivity index (χ0n) is 11.3. The van der Waals surface area contributed by atoms with Crippen LogP contribution in [-0.2, 0) is 9.53 Å². The van der Waals surface area contributed by atoms with E-state index in [1.54, 1.807) is 0 Å². The molecule has 18 heavy (non-hydrogen) atoms. The van der Waals surface area contributed by atoms with E-state index in [9.17, 15) is 4.79 Å². The minimum atomic E-state index is -0.0740. The Bertz CT molecular complexity index is 385. The van der Waals surface area contributed by atoms with Gasteiger partial charge in [-0.25, -0.2) is 0 Å². The van der Waals surface area contributed by atoms with Gasteiger partial charge in [0.2, 0.25) is 0 Å². The molecule has 1 saturated carbocycles. The molecule has 1 aromatic carbocycles. The quantitative estimate of drug-likeness (QED) is 0.756. The van der Waals surface area contributed by atoms with Crippen molar-refractivity contribution in [1.82, 2.24) is 0 Å². The van der Waals surface area contributed by atoms with E-state index in [0.717, 1.165) is 12.8 Å². The molecule has 3 unspecified atom stereocenters. The van der Waals surface area contributed by atoms with E-state index in [1.807, 2.05) is 13.0 Å². The second-order valence-electron chi connectivity index (χ2n) is 5.32. The van der Waals surface area contributed by atoms with Crippen LogP contribution >= 0.6 is 0 Å². The number of rotatable bonds is 3. The fourth-order valence-electron chi connectivity index (χ4n) is 2.79. The fourth-order valence-corrected chi connectivity index (χ4v) is 2.79. The highest BCUT2D eigenvalue weighted by molar-refractivity contribution is 5.69. The van der Waals surface area contributed by atoms with Crippen molar-refractivity contribution in [1.29, 1.82) is 0 Å². The highest BCUT2D eigenvalue weighted by Crippen LogP contribution is 2.37. The second-order valence-corrected chi connectivity index (χ2v) is 5.32. The Hall–Kier alpha value is -1.31. The SMILES string of the molecule is CCC(=O)OC1CC(C)CCC1c1ccccc1. The van der Waals surface area contributed by atoms with Gasteiger partial charge in [-0.1, -0.05) is 44.2 Å². The van der Waals surface area contributed by atoms with Crippen molar-refractivity contribution in [2.75, 3.05) is 0 Å². The van der Waals surface area contributed by atoms with Crippen molar-refractivity contribution in [3.63, 3.8) is 0 Å². The highest BCUT2D eigenvalue weighted by atomic mass is 16.5. The average molecular weight is 246 g/mol. The molecular weight excluding hydrogens is 224 g/mol. The monoisotopic (exact) mass is 246 g/mol. The van der Waals surface area contributed by atoms with Crippen molar-refractivity contribution < 1.29 is 9.53 Å². The molecule has 0 saturated heterocycles. The smallest absolute Gasteiger partial charge is 0.305 e. The summed E-state index contributed by atoms with van der Waals surface area (Å²) in [6, 6.07) is 10.4. The normalized spacial score (nSPS) is 27.8. The summed E-state index contributed by atoms with van der Waals surface area (Å²) < 4.78 is 5.64. The summed E-state index contributed by atoms with van der Waals surface area (Å²) in [7, 11) is 0. The third-order valence-electron chi connectivity index (χ3n) is 3.85. The van der Waals surface area contributed by atoms with Gasteiger partial charge < -0.3 is 4.74 Å². The Morgan fingerprint density at radius 1 is 1.28 bits per heavy atom. The Morgan fingerprint density at radius 3 is 2.67 bits per heavy atom. The van der Waals surface area contributed by atoms with E-state index in [0.29, 0.717) is 18.3 Å². The Balaban J connectivity index is 2.13. The van der Waals surface area contributed by atoms with Crippen LogP contribution in [0.1, 0.15) is 51.0 Å². The second kappa shape index (κ2) is 6.03. The van der Waals surface area contributed by atoms with Gasteiger partial charge in [0.1, 0.15) is 6.10 Å². The molecule has 0 radical (unpaired) electrons. The molecule has 1 aromatic rings. The van der Waals surface area contributed by atoms with Crippen molar-refractivity contribution in [2.45, 2.75) is 51.6 Å². The summed E-state index contributed by atoms with van der Waals surface area (Å²) in [5.74, 6) is 0.951. The maximum Gasteiger partial charge on any atom is 0.305 e. The molecule has 0 spiro atoms. The maximum atomic E-state index is 11.5. The number of carbonyl (C=O) groups excluding carboxylic acids is 1. The molecule has 2 nitrogen and oxygen atoms in total. The highest BCUT2D eigenvalue weighted by Gasteiger charge is 2.32. The third kappa shape index (κ3) is 3.12. The number of benzene rings is 1. The number of hydrogen-bond acceptors (Lipinski definition) is 2. The van der Waals surface area contributed by atoms with Crippen LogP contribution < -0.4 is 0 Å². The van der Waals surface area contributed by atoms with Crippen LogP contribution in [0.5, 0.6) is 0 Å². The molecule has 0 aromatic heterocycles. The summed E-state index contributed by atoms with van der Waals surface area (Å²) in [6.45, 7) is 4.10. The number of esters is 1. The van der Waals surface area contributed by atoms with E-state index in [2.05, 4.69) is 31.2 Å². The van der Waals surface area contributed by atoms with Crippen LogP contribution in [0.4, 0.5) is 0 Å². The first-order valence-electron chi connectivity index (χ1n) is 6.95. The Kier molecular flexibility index (Phi) is 4.40. The molecule has 98 valence electrons. The Labute approximate surface area is 109 Å². The summed E-state index contributed by atoms with van der Waals surface area (Å²) in [6.07, 6.45) is 3.85. The Morgan fingerprint density at radius 2 is 2.00 bits per heavy atom. The van der Waals surface area contributed by atoms with Crippen molar-refractivity contribution in [3.05, 3.63) is 35.9 Å². The van der Waals surface area contributed by atoms with Crippen molar-refractivity contribution in [2.24, 2.45) is 5.92 Å². The van der Waals surface area contributed by atoms with Gasteiger partial charge in [-0.2, -0.15) is 0 Å². The van der Waals surface area contributed by atoms with E-state index >= 15 is 0 Å². The van der Waals surface area contributed by atoms with Gasteiger partial charge in [0.15, 0.2) is 0 Å². The van der Waals surface area contributed by atoms with Crippen molar-refractivity contribution >= 4 is 5.97 Å². The zero-order valence-corrected chi connectivity index (χ0v) is 11.3. The molecule has 0 heterocycles. The molecule has 2 heteroatoms. The molecule has 1 aliphatic carbocycles. The lowest BCUT2D eigenvalue weighted by molar-refractivity contribution is -0.152. The first-order chi connectivity index (χ1) is 8.70. The molecule has 2 rings (SSSR count). The molecule has 0 bridgehead atoms. The number of hydrogen-bond donors (Lipinski definition) is 0. The lowest BCUT2D eigenvalue weighted by Gasteiger charge is -2.34. The van der Waals surface area contributed by atoms with Gasteiger partial charge in [0.25, 0.3) is 0 Å². The van der Waals surface area contributed by atoms with E-state index in [1.165, 1.54) is 12.0 Å². The maximum absolute atomic E-state index is 11.5. The molecule has 0 amide bonds. The van der Waals surface area contributed by atoms with Crippen molar-refractivity contribution in [3.8, 4) is 0 Å². The lowest BCUT2D eigenvalue weighted by atomic mass is 9.77. The van der Waals surface area contributed by atoms with E-state index in [4.69, 9.17) is 4.74 Å².